The summed E-state index contributed by atoms with van der Waals surface area (Å²) >= 11 is 0. The van der Waals surface area contributed by atoms with Crippen LogP contribution in [0.1, 0.15) is 5.56 Å². The van der Waals surface area contributed by atoms with Gasteiger partial charge in [-0.3, -0.25) is 4.99 Å². The molecule has 0 saturated carbocycles. The average Bonchev–Trinajstić information content (AvgIpc) is 2.63. The van der Waals surface area contributed by atoms with Gasteiger partial charge in [0.2, 0.25) is 4.80 Å². The topological polar surface area (TPSA) is 51.3 Å². The van der Waals surface area contributed by atoms with Gasteiger partial charge in [-0.05, 0) is 26.2 Å². The second-order valence-electron chi connectivity index (χ2n) is 2.70. The average molecular weight is 223 g/mol. The quantitative estimate of drug-likeness (QED) is 0.790. The van der Waals surface area contributed by atoms with Crippen LogP contribution in [-0.4, -0.2) is 4.98 Å². The van der Waals surface area contributed by atoms with Crippen LogP contribution in [0.3, 0.4) is 0 Å². The van der Waals surface area contributed by atoms with Gasteiger partial charge in [0.05, 0.1) is 6.54 Å². The Morgan fingerprint density at radius 1 is 1.21 bits per heavy atom. The second-order valence-corrected chi connectivity index (χ2v) is 4.82. The Morgan fingerprint density at radius 3 is 2.64 bits per heavy atom. The molecule has 0 aliphatic rings. The van der Waals surface area contributed by atoms with E-state index in [0.29, 0.717) is 11.7 Å². The zero-order valence-electron chi connectivity index (χ0n) is 7.38. The molecular formula is C9H9N3S2. The van der Waals surface area contributed by atoms with E-state index in [0.717, 1.165) is 4.80 Å². The molecule has 0 radical (unpaired) electrons. The van der Waals surface area contributed by atoms with Crippen molar-refractivity contribution in [1.29, 1.82) is 0 Å². The van der Waals surface area contributed by atoms with Crippen LogP contribution < -0.4 is 10.5 Å². The molecule has 0 fully saturated rings. The second kappa shape index (κ2) is 4.34. The van der Waals surface area contributed by atoms with Gasteiger partial charge >= 0.3 is 0 Å². The number of nitrogen functional groups attached to an aromatic ring is 1. The molecule has 72 valence electrons. The van der Waals surface area contributed by atoms with Crippen LogP contribution in [0.2, 0.25) is 0 Å². The largest absolute Gasteiger partial charge is 0.374 e. The van der Waals surface area contributed by atoms with Gasteiger partial charge in [0.15, 0.2) is 5.13 Å². The maximum absolute atomic E-state index is 5.51. The fourth-order valence-corrected chi connectivity index (χ4v) is 2.47. The smallest absolute Gasteiger partial charge is 0.217 e. The summed E-state index contributed by atoms with van der Waals surface area (Å²) in [5, 5.41) is 0.585. The van der Waals surface area contributed by atoms with Crippen molar-refractivity contribution in [3.63, 3.8) is 0 Å². The molecule has 1 heterocycles. The number of hydrogen-bond donors (Lipinski definition) is 1. The standard InChI is InChI=1S/C9H9N3S2/c10-8-12-9(14-13-8)11-6-7-4-2-1-3-5-7/h1-5H,6H2,(H2,10,11,12). The first-order chi connectivity index (χ1) is 6.84. The Hall–Kier alpha value is -1.20. The number of rotatable bonds is 2. The predicted octanol–water partition coefficient (Wildman–Crippen LogP) is 1.89. The highest BCUT2D eigenvalue weighted by atomic mass is 32.9. The van der Waals surface area contributed by atoms with Crippen LogP contribution in [0.25, 0.3) is 0 Å². The number of aromatic nitrogens is 1. The zero-order valence-corrected chi connectivity index (χ0v) is 9.02. The molecule has 1 aromatic heterocycles. The number of nitrogens with zero attached hydrogens (tertiary/aromatic N) is 2. The first kappa shape index (κ1) is 9.36. The first-order valence-electron chi connectivity index (χ1n) is 4.11. The van der Waals surface area contributed by atoms with E-state index in [4.69, 9.17) is 5.73 Å². The molecule has 14 heavy (non-hydrogen) atoms. The molecule has 0 amide bonds. The third-order valence-electron chi connectivity index (χ3n) is 1.65. The lowest BCUT2D eigenvalue weighted by Gasteiger charge is -1.91. The molecule has 0 atom stereocenters. The molecule has 3 nitrogen and oxygen atoms in total. The zero-order chi connectivity index (χ0) is 9.80. The number of nitrogens with two attached hydrogens (primary N) is 1. The van der Waals surface area contributed by atoms with Crippen molar-refractivity contribution in [1.82, 2.24) is 4.98 Å². The molecule has 0 unspecified atom stereocenters. The van der Waals surface area contributed by atoms with Gasteiger partial charge in [-0.2, -0.15) is 4.98 Å². The van der Waals surface area contributed by atoms with Gasteiger partial charge in [-0.1, -0.05) is 30.3 Å². The fraction of sp³-hybridized carbons (Fsp3) is 0.111. The number of hydrogen-bond acceptors (Lipinski definition) is 5. The third kappa shape index (κ3) is 2.40. The molecule has 0 aliphatic heterocycles. The SMILES string of the molecule is Nc1nc(=NCc2ccccc2)ss1. The lowest BCUT2D eigenvalue weighted by Crippen LogP contribution is -2.00. The summed E-state index contributed by atoms with van der Waals surface area (Å²) in [6.45, 7) is 0.667. The van der Waals surface area contributed by atoms with Crippen molar-refractivity contribution >= 4 is 25.8 Å². The Balaban J connectivity index is 2.15. The minimum atomic E-state index is 0.585. The van der Waals surface area contributed by atoms with Crippen LogP contribution in [0.5, 0.6) is 0 Å². The maximum atomic E-state index is 5.51. The number of anilines is 1. The number of benzene rings is 1. The Kier molecular flexibility index (Phi) is 2.90. The van der Waals surface area contributed by atoms with E-state index in [1.807, 2.05) is 30.3 Å². The lowest BCUT2D eigenvalue weighted by atomic mass is 10.2. The van der Waals surface area contributed by atoms with Crippen LogP contribution >= 0.6 is 20.7 Å². The van der Waals surface area contributed by atoms with E-state index >= 15 is 0 Å². The minimum absolute atomic E-state index is 0.585. The van der Waals surface area contributed by atoms with E-state index in [-0.39, 0.29) is 0 Å². The molecule has 0 saturated heterocycles. The molecule has 2 rings (SSSR count). The van der Waals surface area contributed by atoms with Crippen molar-refractivity contribution in [3.05, 3.63) is 40.7 Å². The van der Waals surface area contributed by atoms with Crippen LogP contribution in [-0.2, 0) is 6.54 Å². The summed E-state index contributed by atoms with van der Waals surface area (Å²) in [7, 11) is 2.96. The van der Waals surface area contributed by atoms with E-state index in [1.165, 1.54) is 26.2 Å². The Bertz CT molecular complexity index is 458. The van der Waals surface area contributed by atoms with Crippen molar-refractivity contribution in [2.75, 3.05) is 5.73 Å². The molecular weight excluding hydrogens is 214 g/mol. The molecule has 0 bridgehead atoms. The van der Waals surface area contributed by atoms with E-state index < -0.39 is 0 Å². The van der Waals surface area contributed by atoms with Crippen molar-refractivity contribution in [2.24, 2.45) is 4.99 Å². The normalized spacial score (nSPS) is 11.9. The summed E-state index contributed by atoms with van der Waals surface area (Å²) in [4.78, 5) is 9.17. The fourth-order valence-electron chi connectivity index (χ4n) is 1.02. The highest BCUT2D eigenvalue weighted by Crippen LogP contribution is 2.07. The first-order valence-corrected chi connectivity index (χ1v) is 6.26. The molecule has 2 N–H and O–H groups in total. The van der Waals surface area contributed by atoms with Crippen molar-refractivity contribution in [3.8, 4) is 0 Å². The van der Waals surface area contributed by atoms with Crippen molar-refractivity contribution in [2.45, 2.75) is 6.54 Å². The van der Waals surface area contributed by atoms with Gasteiger partial charge in [-0.25, -0.2) is 0 Å². The summed E-state index contributed by atoms with van der Waals surface area (Å²) in [6, 6.07) is 10.1. The van der Waals surface area contributed by atoms with Crippen LogP contribution in [0.4, 0.5) is 5.13 Å². The van der Waals surface area contributed by atoms with Crippen molar-refractivity contribution < 1.29 is 0 Å². The summed E-state index contributed by atoms with van der Waals surface area (Å²) in [5.41, 5.74) is 6.69. The maximum Gasteiger partial charge on any atom is 0.217 e. The summed E-state index contributed by atoms with van der Waals surface area (Å²) in [6.07, 6.45) is 0. The summed E-state index contributed by atoms with van der Waals surface area (Å²) in [5.74, 6) is 0. The Morgan fingerprint density at radius 2 is 2.00 bits per heavy atom. The molecule has 0 aliphatic carbocycles. The van der Waals surface area contributed by atoms with Crippen LogP contribution in [0.15, 0.2) is 35.3 Å². The third-order valence-corrected chi connectivity index (χ3v) is 3.57. The van der Waals surface area contributed by atoms with Gasteiger partial charge in [0.1, 0.15) is 0 Å². The molecule has 1 aromatic carbocycles. The van der Waals surface area contributed by atoms with E-state index in [1.54, 1.807) is 0 Å². The van der Waals surface area contributed by atoms with Crippen LogP contribution in [0, 0.1) is 0 Å². The van der Waals surface area contributed by atoms with E-state index in [9.17, 15) is 0 Å². The summed E-state index contributed by atoms with van der Waals surface area (Å²) < 4.78 is 0. The Labute approximate surface area is 89.0 Å². The van der Waals surface area contributed by atoms with Gasteiger partial charge in [0.25, 0.3) is 0 Å². The van der Waals surface area contributed by atoms with Gasteiger partial charge in [-0.15, -0.1) is 0 Å². The highest BCUT2D eigenvalue weighted by Gasteiger charge is 1.92. The highest BCUT2D eigenvalue weighted by molar-refractivity contribution is 7.69. The molecule has 2 aromatic rings. The lowest BCUT2D eigenvalue weighted by molar-refractivity contribution is 0.996. The molecule has 5 heteroatoms. The van der Waals surface area contributed by atoms with Gasteiger partial charge in [0, 0.05) is 0 Å². The molecule has 0 spiro atoms. The van der Waals surface area contributed by atoms with E-state index in [2.05, 4.69) is 9.98 Å². The predicted molar refractivity (Wildman–Crippen MR) is 60.1 cm³/mol. The van der Waals surface area contributed by atoms with Gasteiger partial charge < -0.3 is 5.73 Å². The monoisotopic (exact) mass is 223 g/mol. The minimum Gasteiger partial charge on any atom is -0.374 e.